The van der Waals surface area contributed by atoms with Gasteiger partial charge >= 0.3 is 6.03 Å². The summed E-state index contributed by atoms with van der Waals surface area (Å²) in [6, 6.07) is 0.456. The summed E-state index contributed by atoms with van der Waals surface area (Å²) < 4.78 is 11.5. The second kappa shape index (κ2) is 9.41. The molecule has 0 aromatic heterocycles. The van der Waals surface area contributed by atoms with Crippen LogP contribution in [0, 0.1) is 0 Å². The number of hydrogen-bond acceptors (Lipinski definition) is 5. The molecular weight excluding hydrogens is 360 g/mol. The lowest BCUT2D eigenvalue weighted by Gasteiger charge is -2.52. The van der Waals surface area contributed by atoms with Gasteiger partial charge in [-0.2, -0.15) is 0 Å². The number of morpholine rings is 1. The number of fused-ring (bicyclic) bond motifs is 1. The Kier molecular flexibility index (Phi) is 6.69. The van der Waals surface area contributed by atoms with E-state index >= 15 is 0 Å². The van der Waals surface area contributed by atoms with E-state index in [4.69, 9.17) is 9.47 Å². The molecule has 3 saturated heterocycles. The second-order valence-corrected chi connectivity index (χ2v) is 8.57. The Bertz CT molecular complexity index is 546. The number of carbonyl (C=O) groups excluding carboxylic acids is 2. The molecule has 0 bridgehead atoms. The van der Waals surface area contributed by atoms with E-state index in [1.54, 1.807) is 0 Å². The fraction of sp³-hybridized carbons (Fsp3) is 0.900. The molecule has 1 aliphatic carbocycles. The van der Waals surface area contributed by atoms with Crippen LogP contribution in [0.1, 0.15) is 44.9 Å². The first-order chi connectivity index (χ1) is 13.7. The number of likely N-dealkylation sites (tertiary alicyclic amines) is 1. The SMILES string of the molecule is O=C(NC[C@H]1CC[C@@H]2[C@@H](CN2C(=O)CN2CCOCC2)O1)NC1CCCCC1. The zero-order valence-electron chi connectivity index (χ0n) is 16.7. The fourth-order valence-electron chi connectivity index (χ4n) is 4.83. The van der Waals surface area contributed by atoms with Crippen LogP contribution in [0.4, 0.5) is 4.79 Å². The lowest BCUT2D eigenvalue weighted by atomic mass is 9.89. The summed E-state index contributed by atoms with van der Waals surface area (Å²) in [5.74, 6) is 0.204. The summed E-state index contributed by atoms with van der Waals surface area (Å²) in [5, 5.41) is 6.05. The minimum atomic E-state index is -0.0754. The third-order valence-electron chi connectivity index (χ3n) is 6.57. The van der Waals surface area contributed by atoms with E-state index in [0.29, 0.717) is 38.9 Å². The van der Waals surface area contributed by atoms with E-state index in [1.165, 1.54) is 19.3 Å². The highest BCUT2D eigenvalue weighted by molar-refractivity contribution is 5.79. The van der Waals surface area contributed by atoms with Gasteiger partial charge < -0.3 is 25.0 Å². The molecule has 158 valence electrons. The number of ether oxygens (including phenoxy) is 2. The molecule has 3 atom stereocenters. The zero-order chi connectivity index (χ0) is 19.3. The third kappa shape index (κ3) is 4.96. The number of rotatable bonds is 5. The van der Waals surface area contributed by atoms with E-state index in [0.717, 1.165) is 38.8 Å². The topological polar surface area (TPSA) is 83.1 Å². The molecule has 0 radical (unpaired) electrons. The van der Waals surface area contributed by atoms with E-state index in [9.17, 15) is 9.59 Å². The highest BCUT2D eigenvalue weighted by Gasteiger charge is 2.46. The van der Waals surface area contributed by atoms with Crippen LogP contribution in [0.15, 0.2) is 0 Å². The highest BCUT2D eigenvalue weighted by atomic mass is 16.5. The molecule has 3 heterocycles. The Labute approximate surface area is 167 Å². The monoisotopic (exact) mass is 394 g/mol. The molecule has 4 rings (SSSR count). The van der Waals surface area contributed by atoms with Crippen molar-refractivity contribution in [3.05, 3.63) is 0 Å². The first kappa shape index (κ1) is 19.9. The molecule has 2 N–H and O–H groups in total. The fourth-order valence-corrected chi connectivity index (χ4v) is 4.83. The van der Waals surface area contributed by atoms with Crippen LogP contribution in [0.25, 0.3) is 0 Å². The van der Waals surface area contributed by atoms with Crippen LogP contribution < -0.4 is 10.6 Å². The van der Waals surface area contributed by atoms with Gasteiger partial charge in [-0.25, -0.2) is 4.79 Å². The summed E-state index contributed by atoms with van der Waals surface area (Å²) >= 11 is 0. The minimum absolute atomic E-state index is 0.0508. The van der Waals surface area contributed by atoms with Crippen molar-refractivity contribution < 1.29 is 19.1 Å². The number of carbonyl (C=O) groups is 2. The second-order valence-electron chi connectivity index (χ2n) is 8.57. The maximum absolute atomic E-state index is 12.6. The molecule has 1 saturated carbocycles. The lowest BCUT2D eigenvalue weighted by Crippen LogP contribution is -2.67. The summed E-state index contributed by atoms with van der Waals surface area (Å²) in [6.45, 7) is 4.81. The van der Waals surface area contributed by atoms with Crippen LogP contribution in [0.5, 0.6) is 0 Å². The molecule has 8 nitrogen and oxygen atoms in total. The molecular formula is C20H34N4O4. The zero-order valence-corrected chi connectivity index (χ0v) is 16.7. The Morgan fingerprint density at radius 3 is 2.54 bits per heavy atom. The molecule has 4 aliphatic rings. The molecule has 3 amide bonds. The molecule has 0 aromatic rings. The van der Waals surface area contributed by atoms with Crippen LogP contribution in [0.2, 0.25) is 0 Å². The molecule has 0 unspecified atom stereocenters. The van der Waals surface area contributed by atoms with Gasteiger partial charge in [0.15, 0.2) is 0 Å². The summed E-state index contributed by atoms with van der Waals surface area (Å²) in [4.78, 5) is 28.8. The van der Waals surface area contributed by atoms with Gasteiger partial charge in [0.25, 0.3) is 0 Å². The normalized spacial score (nSPS) is 31.6. The maximum atomic E-state index is 12.6. The van der Waals surface area contributed by atoms with Gasteiger partial charge in [-0.3, -0.25) is 9.69 Å². The van der Waals surface area contributed by atoms with E-state index < -0.39 is 0 Å². The predicted octanol–water partition coefficient (Wildman–Crippen LogP) is 0.709. The number of amides is 3. The first-order valence-corrected chi connectivity index (χ1v) is 11.0. The van der Waals surface area contributed by atoms with Crippen molar-refractivity contribution in [2.24, 2.45) is 0 Å². The molecule has 0 aromatic carbocycles. The van der Waals surface area contributed by atoms with Crippen molar-refractivity contribution in [2.45, 2.75) is 69.2 Å². The van der Waals surface area contributed by atoms with Gasteiger partial charge in [0.05, 0.1) is 38.0 Å². The quantitative estimate of drug-likeness (QED) is 0.718. The average Bonchev–Trinajstić information content (AvgIpc) is 2.69. The van der Waals surface area contributed by atoms with Gasteiger partial charge in [0.1, 0.15) is 0 Å². The van der Waals surface area contributed by atoms with Gasteiger partial charge in [-0.05, 0) is 25.7 Å². The molecule has 0 spiro atoms. The van der Waals surface area contributed by atoms with Crippen molar-refractivity contribution in [3.8, 4) is 0 Å². The van der Waals surface area contributed by atoms with E-state index in [1.807, 2.05) is 4.90 Å². The van der Waals surface area contributed by atoms with Crippen LogP contribution in [-0.4, -0.2) is 92.0 Å². The van der Waals surface area contributed by atoms with Crippen LogP contribution in [0.3, 0.4) is 0 Å². The Balaban J connectivity index is 1.13. The van der Waals surface area contributed by atoms with E-state index in [-0.39, 0.29) is 30.2 Å². The molecule has 3 aliphatic heterocycles. The largest absolute Gasteiger partial charge is 0.379 e. The number of urea groups is 1. The van der Waals surface area contributed by atoms with E-state index in [2.05, 4.69) is 15.5 Å². The Morgan fingerprint density at radius 2 is 1.79 bits per heavy atom. The van der Waals surface area contributed by atoms with Gasteiger partial charge in [0, 0.05) is 32.2 Å². The smallest absolute Gasteiger partial charge is 0.315 e. The molecule has 8 heteroatoms. The Morgan fingerprint density at radius 1 is 1.00 bits per heavy atom. The van der Waals surface area contributed by atoms with Crippen LogP contribution >= 0.6 is 0 Å². The minimum Gasteiger partial charge on any atom is -0.379 e. The summed E-state index contributed by atoms with van der Waals surface area (Å²) in [7, 11) is 0. The van der Waals surface area contributed by atoms with Crippen molar-refractivity contribution in [3.63, 3.8) is 0 Å². The Hall–Kier alpha value is -1.38. The van der Waals surface area contributed by atoms with Gasteiger partial charge in [-0.15, -0.1) is 0 Å². The maximum Gasteiger partial charge on any atom is 0.315 e. The van der Waals surface area contributed by atoms with Gasteiger partial charge in [-0.1, -0.05) is 19.3 Å². The van der Waals surface area contributed by atoms with Crippen LogP contribution in [-0.2, 0) is 14.3 Å². The van der Waals surface area contributed by atoms with Gasteiger partial charge in [0.2, 0.25) is 5.91 Å². The number of nitrogens with one attached hydrogen (secondary N) is 2. The third-order valence-corrected chi connectivity index (χ3v) is 6.57. The average molecular weight is 395 g/mol. The summed E-state index contributed by atoms with van der Waals surface area (Å²) in [6.07, 6.45) is 7.88. The first-order valence-electron chi connectivity index (χ1n) is 11.0. The highest BCUT2D eigenvalue weighted by Crippen LogP contribution is 2.32. The van der Waals surface area contributed by atoms with Crippen molar-refractivity contribution in [1.82, 2.24) is 20.4 Å². The number of nitrogens with zero attached hydrogens (tertiary/aromatic N) is 2. The molecule has 4 fully saturated rings. The van der Waals surface area contributed by atoms with Crippen molar-refractivity contribution in [2.75, 3.05) is 45.9 Å². The summed E-state index contributed by atoms with van der Waals surface area (Å²) in [5.41, 5.74) is 0. The van der Waals surface area contributed by atoms with Crippen molar-refractivity contribution in [1.29, 1.82) is 0 Å². The molecule has 28 heavy (non-hydrogen) atoms. The van der Waals surface area contributed by atoms with Crippen molar-refractivity contribution >= 4 is 11.9 Å². The lowest BCUT2D eigenvalue weighted by molar-refractivity contribution is -0.182. The number of hydrogen-bond donors (Lipinski definition) is 2. The predicted molar refractivity (Wildman–Crippen MR) is 104 cm³/mol. The standard InChI is InChI=1S/C20H34N4O4/c25-19(14-23-8-10-27-11-9-23)24-13-18-17(24)7-6-16(28-18)12-21-20(26)22-15-4-2-1-3-5-15/h15-18H,1-14H2,(H2,21,22,26)/t16-,17-,18-/m1/s1.